The number of unbranched alkanes of at least 4 members (excludes halogenated alkanes) is 31. The maximum atomic E-state index is 13.1. The van der Waals surface area contributed by atoms with E-state index < -0.39 is 5.92 Å². The van der Waals surface area contributed by atoms with Crippen molar-refractivity contribution in [2.75, 3.05) is 26.4 Å². The number of amides is 1. The number of carbonyl (C=O) groups is 4. The highest BCUT2D eigenvalue weighted by Gasteiger charge is 2.25. The van der Waals surface area contributed by atoms with Crippen molar-refractivity contribution in [1.29, 1.82) is 0 Å². The monoisotopic (exact) mass is 822 g/mol. The molecule has 0 aliphatic carbocycles. The first-order valence-corrected chi connectivity index (χ1v) is 25.2. The minimum absolute atomic E-state index is 0.0249. The fourth-order valence-electron chi connectivity index (χ4n) is 7.74. The predicted molar refractivity (Wildman–Crippen MR) is 242 cm³/mol. The van der Waals surface area contributed by atoms with Gasteiger partial charge in [-0.15, -0.1) is 0 Å². The molecule has 342 valence electrons. The summed E-state index contributed by atoms with van der Waals surface area (Å²) in [6.45, 7) is 5.65. The summed E-state index contributed by atoms with van der Waals surface area (Å²) in [5, 5.41) is 11.9. The number of aliphatic hydroxyl groups excluding tert-OH is 1. The number of esters is 2. The van der Waals surface area contributed by atoms with E-state index >= 15 is 0 Å². The highest BCUT2D eigenvalue weighted by molar-refractivity contribution is 6.01. The second-order valence-electron chi connectivity index (χ2n) is 17.2. The number of Topliss-reactive ketones (excluding diaryl/α,β-unsaturated/α-hetero) is 1. The number of nitrogens with one attached hydrogen (secondary N) is 1. The van der Waals surface area contributed by atoms with E-state index in [1.807, 2.05) is 0 Å². The largest absolute Gasteiger partial charge is 0.466 e. The first-order chi connectivity index (χ1) is 28.5. The summed E-state index contributed by atoms with van der Waals surface area (Å²) >= 11 is 0. The maximum absolute atomic E-state index is 13.1. The van der Waals surface area contributed by atoms with Gasteiger partial charge in [-0.2, -0.15) is 0 Å². The Morgan fingerprint density at radius 3 is 1.09 bits per heavy atom. The van der Waals surface area contributed by atoms with Crippen molar-refractivity contribution in [2.24, 2.45) is 5.92 Å². The van der Waals surface area contributed by atoms with Crippen LogP contribution in [0, 0.1) is 5.92 Å². The number of hydrogen-bond donors (Lipinski definition) is 2. The lowest BCUT2D eigenvalue weighted by Crippen LogP contribution is -2.36. The van der Waals surface area contributed by atoms with Crippen molar-refractivity contribution in [3.8, 4) is 0 Å². The van der Waals surface area contributed by atoms with Gasteiger partial charge in [0, 0.05) is 25.8 Å². The number of ketones is 1. The molecule has 0 bridgehead atoms. The summed E-state index contributed by atoms with van der Waals surface area (Å²) in [4.78, 5) is 49.4. The zero-order chi connectivity index (χ0) is 42.4. The molecule has 0 radical (unpaired) electrons. The van der Waals surface area contributed by atoms with Crippen LogP contribution in [0.2, 0.25) is 0 Å². The molecule has 0 aromatic carbocycles. The molecule has 0 aliphatic rings. The third-order valence-electron chi connectivity index (χ3n) is 11.6. The third-order valence-corrected chi connectivity index (χ3v) is 11.6. The Bertz CT molecular complexity index is 926. The second kappa shape index (κ2) is 46.1. The van der Waals surface area contributed by atoms with Gasteiger partial charge in [-0.25, -0.2) is 0 Å². The van der Waals surface area contributed by atoms with Crippen LogP contribution in [0.3, 0.4) is 0 Å². The molecular formula is C50H95NO7. The van der Waals surface area contributed by atoms with Gasteiger partial charge in [0.05, 0.1) is 25.7 Å². The van der Waals surface area contributed by atoms with E-state index in [0.717, 1.165) is 89.9 Å². The molecule has 0 saturated heterocycles. The van der Waals surface area contributed by atoms with Crippen LogP contribution in [0.4, 0.5) is 0 Å². The Balaban J connectivity index is 3.74. The zero-order valence-electron chi connectivity index (χ0n) is 38.4. The van der Waals surface area contributed by atoms with Crippen LogP contribution in [-0.4, -0.2) is 55.1 Å². The lowest BCUT2D eigenvalue weighted by molar-refractivity contribution is -0.144. The summed E-state index contributed by atoms with van der Waals surface area (Å²) in [6.07, 6.45) is 43.1. The molecule has 1 amide bonds. The van der Waals surface area contributed by atoms with Gasteiger partial charge in [0.25, 0.3) is 0 Å². The number of aliphatic hydroxyl groups is 1. The van der Waals surface area contributed by atoms with Crippen molar-refractivity contribution in [3.05, 3.63) is 0 Å². The Kier molecular flexibility index (Phi) is 44.6. The van der Waals surface area contributed by atoms with Crippen molar-refractivity contribution in [3.63, 3.8) is 0 Å². The van der Waals surface area contributed by atoms with Gasteiger partial charge < -0.3 is 19.9 Å². The van der Waals surface area contributed by atoms with Crippen LogP contribution in [0.5, 0.6) is 0 Å². The van der Waals surface area contributed by atoms with Gasteiger partial charge in [0.2, 0.25) is 5.91 Å². The summed E-state index contributed by atoms with van der Waals surface area (Å²) < 4.78 is 10.7. The van der Waals surface area contributed by atoms with Crippen molar-refractivity contribution >= 4 is 23.6 Å². The molecule has 8 heteroatoms. The molecule has 1 atom stereocenters. The van der Waals surface area contributed by atoms with Crippen LogP contribution in [0.25, 0.3) is 0 Å². The molecule has 0 saturated carbocycles. The highest BCUT2D eigenvalue weighted by atomic mass is 16.5. The van der Waals surface area contributed by atoms with Crippen molar-refractivity contribution in [1.82, 2.24) is 5.32 Å². The summed E-state index contributed by atoms with van der Waals surface area (Å²) in [5.41, 5.74) is 0. The first kappa shape index (κ1) is 56.0. The highest BCUT2D eigenvalue weighted by Crippen LogP contribution is 2.19. The quantitative estimate of drug-likeness (QED) is 0.0356. The van der Waals surface area contributed by atoms with Crippen LogP contribution in [-0.2, 0) is 28.7 Å². The number of rotatable bonds is 47. The second-order valence-corrected chi connectivity index (χ2v) is 17.2. The van der Waals surface area contributed by atoms with E-state index in [4.69, 9.17) is 9.47 Å². The smallest absolute Gasteiger partial charge is 0.305 e. The molecule has 0 fully saturated rings. The van der Waals surface area contributed by atoms with Gasteiger partial charge >= 0.3 is 11.9 Å². The van der Waals surface area contributed by atoms with Crippen molar-refractivity contribution in [2.45, 2.75) is 264 Å². The van der Waals surface area contributed by atoms with E-state index in [9.17, 15) is 24.3 Å². The predicted octanol–water partition coefficient (Wildman–Crippen LogP) is 13.6. The Labute approximate surface area is 358 Å². The molecule has 58 heavy (non-hydrogen) atoms. The standard InChI is InChI=1S/C50H95NO7/c1-3-5-7-26-34-40-48(54)57-44-36-30-24-20-16-12-9-10-15-19-23-29-33-39-47(53)46(50(56)51-42-43-52)38-32-28-22-18-14-11-13-17-21-25-31-37-45-58-49(55)41-35-27-8-6-4-2/h46,52H,3-45H2,1-2H3,(H,51,56). The Hall–Kier alpha value is -1.96. The molecule has 0 aromatic rings. The minimum Gasteiger partial charge on any atom is -0.466 e. The number of ether oxygens (including phenoxy) is 2. The van der Waals surface area contributed by atoms with E-state index in [2.05, 4.69) is 19.2 Å². The van der Waals surface area contributed by atoms with E-state index in [-0.39, 0.29) is 36.8 Å². The van der Waals surface area contributed by atoms with E-state index in [1.54, 1.807) is 0 Å². The van der Waals surface area contributed by atoms with E-state index in [0.29, 0.717) is 38.9 Å². The van der Waals surface area contributed by atoms with Crippen molar-refractivity contribution < 1.29 is 33.8 Å². The molecule has 0 spiro atoms. The molecule has 0 aliphatic heterocycles. The van der Waals surface area contributed by atoms with Crippen LogP contribution < -0.4 is 5.32 Å². The van der Waals surface area contributed by atoms with Gasteiger partial charge in [-0.1, -0.05) is 206 Å². The van der Waals surface area contributed by atoms with Crippen LogP contribution >= 0.6 is 0 Å². The number of hydrogen-bond acceptors (Lipinski definition) is 7. The summed E-state index contributed by atoms with van der Waals surface area (Å²) in [6, 6.07) is 0. The van der Waals surface area contributed by atoms with Gasteiger partial charge in [0.1, 0.15) is 5.78 Å². The Morgan fingerprint density at radius 2 is 0.724 bits per heavy atom. The molecule has 0 rings (SSSR count). The summed E-state index contributed by atoms with van der Waals surface area (Å²) in [7, 11) is 0. The molecular weight excluding hydrogens is 727 g/mol. The number of carbonyl (C=O) groups excluding carboxylic acids is 4. The van der Waals surface area contributed by atoms with Crippen LogP contribution in [0.1, 0.15) is 264 Å². The molecule has 2 N–H and O–H groups in total. The SMILES string of the molecule is CCCCCCCC(=O)OCCCCCCCCCCCCCCCC(=O)C(CCCCCCCCCCCCCCOC(=O)CCCCCCC)C(=O)NCCO. The maximum Gasteiger partial charge on any atom is 0.305 e. The topological polar surface area (TPSA) is 119 Å². The first-order valence-electron chi connectivity index (χ1n) is 25.2. The fraction of sp³-hybridized carbons (Fsp3) is 0.920. The van der Waals surface area contributed by atoms with Crippen LogP contribution in [0.15, 0.2) is 0 Å². The molecule has 0 heterocycles. The van der Waals surface area contributed by atoms with E-state index in [1.165, 1.54) is 135 Å². The molecule has 8 nitrogen and oxygen atoms in total. The lowest BCUT2D eigenvalue weighted by atomic mass is 9.92. The summed E-state index contributed by atoms with van der Waals surface area (Å²) in [5.74, 6) is -0.774. The normalized spacial score (nSPS) is 11.8. The average Bonchev–Trinajstić information content (AvgIpc) is 3.22. The average molecular weight is 822 g/mol. The van der Waals surface area contributed by atoms with Gasteiger partial charge in [-0.05, 0) is 38.5 Å². The zero-order valence-corrected chi connectivity index (χ0v) is 38.4. The Morgan fingerprint density at radius 1 is 0.414 bits per heavy atom. The van der Waals surface area contributed by atoms with Gasteiger partial charge in [-0.3, -0.25) is 19.2 Å². The molecule has 0 aromatic heterocycles. The fourth-order valence-corrected chi connectivity index (χ4v) is 7.74. The minimum atomic E-state index is -0.577. The van der Waals surface area contributed by atoms with Gasteiger partial charge in [0.15, 0.2) is 0 Å². The third kappa shape index (κ3) is 40.8. The lowest BCUT2D eigenvalue weighted by Gasteiger charge is -2.15. The molecule has 1 unspecified atom stereocenters.